The predicted molar refractivity (Wildman–Crippen MR) is 141 cm³/mol. The van der Waals surface area contributed by atoms with Crippen LogP contribution >= 0.6 is 0 Å². The highest BCUT2D eigenvalue weighted by Crippen LogP contribution is 2.40. The van der Waals surface area contributed by atoms with Gasteiger partial charge in [-0.25, -0.2) is 14.3 Å². The number of hydrogen-bond donors (Lipinski definition) is 2. The van der Waals surface area contributed by atoms with E-state index >= 15 is 0 Å². The molecule has 3 atom stereocenters. The molecular formula is C29H34F3N5O3. The Bertz CT molecular complexity index is 1350. The molecular weight excluding hydrogens is 523 g/mol. The van der Waals surface area contributed by atoms with E-state index in [1.54, 1.807) is 16.6 Å². The number of nitrogens with one attached hydrogen (secondary N) is 1. The second-order valence-electron chi connectivity index (χ2n) is 11.2. The highest BCUT2D eigenvalue weighted by Gasteiger charge is 2.44. The number of alkyl halides is 3. The normalized spacial score (nSPS) is 24.4. The van der Waals surface area contributed by atoms with E-state index in [0.29, 0.717) is 29.4 Å². The Balaban J connectivity index is 1.52. The number of piperidine rings is 1. The van der Waals surface area contributed by atoms with Gasteiger partial charge in [-0.1, -0.05) is 50.1 Å². The number of carbonyl (C=O) groups is 2. The van der Waals surface area contributed by atoms with E-state index in [1.165, 1.54) is 0 Å². The fourth-order valence-corrected chi connectivity index (χ4v) is 6.01. The number of carbonyl (C=O) groups excluding carboxylic acids is 2. The maximum atomic E-state index is 13.4. The number of rotatable bonds is 7. The molecule has 11 heteroatoms. The van der Waals surface area contributed by atoms with Gasteiger partial charge in [-0.05, 0) is 42.9 Å². The molecule has 0 spiro atoms. The fourth-order valence-electron chi connectivity index (χ4n) is 6.01. The quantitative estimate of drug-likeness (QED) is 0.412. The van der Waals surface area contributed by atoms with Gasteiger partial charge in [-0.2, -0.15) is 18.3 Å². The molecule has 8 nitrogen and oxygen atoms in total. The molecule has 40 heavy (non-hydrogen) atoms. The first-order chi connectivity index (χ1) is 19.1. The summed E-state index contributed by atoms with van der Waals surface area (Å²) < 4.78 is 47.5. The Morgan fingerprint density at radius 3 is 2.55 bits per heavy atom. The number of halogens is 3. The van der Waals surface area contributed by atoms with Crippen molar-refractivity contribution in [3.05, 3.63) is 65.1 Å². The molecule has 5 rings (SSSR count). The van der Waals surface area contributed by atoms with Crippen LogP contribution in [0.5, 0.6) is 0 Å². The second kappa shape index (κ2) is 11.5. The molecule has 0 bridgehead atoms. The first-order valence-electron chi connectivity index (χ1n) is 13.8. The minimum absolute atomic E-state index is 0.0776. The van der Waals surface area contributed by atoms with Gasteiger partial charge in [0.05, 0.1) is 17.3 Å². The summed E-state index contributed by atoms with van der Waals surface area (Å²) in [5.74, 6) is -2.12. The highest BCUT2D eigenvalue weighted by molar-refractivity contribution is 5.79. The van der Waals surface area contributed by atoms with Crippen LogP contribution in [0.1, 0.15) is 73.7 Å². The number of benzene rings is 1. The van der Waals surface area contributed by atoms with Crippen molar-refractivity contribution in [2.24, 2.45) is 23.5 Å². The van der Waals surface area contributed by atoms with Crippen molar-refractivity contribution in [3.8, 4) is 0 Å². The molecule has 2 aliphatic rings. The largest absolute Gasteiger partial charge is 0.439 e. The Labute approximate surface area is 230 Å². The van der Waals surface area contributed by atoms with E-state index in [4.69, 9.17) is 20.6 Å². The summed E-state index contributed by atoms with van der Waals surface area (Å²) >= 11 is 0. The number of imidazole rings is 1. The van der Waals surface area contributed by atoms with E-state index in [-0.39, 0.29) is 18.8 Å². The molecule has 3 aromatic rings. The van der Waals surface area contributed by atoms with Crippen molar-refractivity contribution in [3.63, 3.8) is 0 Å². The summed E-state index contributed by atoms with van der Waals surface area (Å²) in [6.45, 7) is 1.82. The SMILES string of the molecule is CC1CCC(c2c([C@H](Cc3ccccc3)OC(N)=O)nc3ccc(C[C@H]4C[C@@H](C(F)(F)F)CNC4=O)nn23)CC1. The fraction of sp³-hybridized carbons (Fsp3) is 0.517. The lowest BCUT2D eigenvalue weighted by molar-refractivity contribution is -0.183. The zero-order chi connectivity index (χ0) is 28.4. The standard InChI is InChI=1S/C29H34F3N5O3/c1-17-7-9-19(10-8-17)26-25(23(40-28(33)39)13-18-5-3-2-4-6-18)35-24-12-11-22(36-37(24)26)15-20-14-21(29(30,31)32)16-34-27(20)38/h2-6,11-12,17,19-21,23H,7-10,13-16H2,1H3,(H2,33,39)(H,34,38)/t17?,19?,20-,21-,23+/m1/s1. The average molecular weight is 558 g/mol. The Morgan fingerprint density at radius 2 is 1.88 bits per heavy atom. The first-order valence-corrected chi connectivity index (χ1v) is 13.8. The predicted octanol–water partition coefficient (Wildman–Crippen LogP) is 5.26. The molecule has 1 saturated heterocycles. The summed E-state index contributed by atoms with van der Waals surface area (Å²) in [6, 6.07) is 13.0. The summed E-state index contributed by atoms with van der Waals surface area (Å²) in [4.78, 5) is 29.3. The lowest BCUT2D eigenvalue weighted by Gasteiger charge is -2.30. The van der Waals surface area contributed by atoms with Crippen LogP contribution in [-0.2, 0) is 22.4 Å². The number of aromatic nitrogens is 3. The topological polar surface area (TPSA) is 112 Å². The maximum absolute atomic E-state index is 13.4. The molecule has 0 unspecified atom stereocenters. The van der Waals surface area contributed by atoms with Crippen LogP contribution in [0.2, 0.25) is 0 Å². The van der Waals surface area contributed by atoms with Gasteiger partial charge in [0.2, 0.25) is 5.91 Å². The number of fused-ring (bicyclic) bond motifs is 1. The summed E-state index contributed by atoms with van der Waals surface area (Å²) in [5, 5.41) is 7.20. The summed E-state index contributed by atoms with van der Waals surface area (Å²) in [5.41, 5.74) is 8.88. The molecule has 1 aromatic carbocycles. The summed E-state index contributed by atoms with van der Waals surface area (Å²) in [7, 11) is 0. The van der Waals surface area contributed by atoms with Gasteiger partial charge in [0, 0.05) is 31.2 Å². The molecule has 2 aromatic heterocycles. The Morgan fingerprint density at radius 1 is 1.15 bits per heavy atom. The van der Waals surface area contributed by atoms with Gasteiger partial charge in [-0.15, -0.1) is 0 Å². The number of nitrogens with two attached hydrogens (primary N) is 1. The number of nitrogens with zero attached hydrogens (tertiary/aromatic N) is 3. The number of primary amides is 1. The third kappa shape index (κ3) is 6.23. The maximum Gasteiger partial charge on any atom is 0.405 e. The molecule has 1 aliphatic carbocycles. The molecule has 1 saturated carbocycles. The van der Waals surface area contributed by atoms with E-state index in [2.05, 4.69) is 12.2 Å². The Kier molecular flexibility index (Phi) is 8.00. The van der Waals surface area contributed by atoms with Crippen molar-refractivity contribution in [1.29, 1.82) is 0 Å². The minimum Gasteiger partial charge on any atom is -0.439 e. The van der Waals surface area contributed by atoms with Gasteiger partial charge >= 0.3 is 12.3 Å². The minimum atomic E-state index is -4.37. The van der Waals surface area contributed by atoms with E-state index in [1.807, 2.05) is 30.3 Å². The van der Waals surface area contributed by atoms with Crippen molar-refractivity contribution in [2.45, 2.75) is 70.1 Å². The third-order valence-corrected chi connectivity index (χ3v) is 8.21. The van der Waals surface area contributed by atoms with Crippen LogP contribution < -0.4 is 11.1 Å². The van der Waals surface area contributed by atoms with Crippen LogP contribution in [0.15, 0.2) is 42.5 Å². The number of amides is 2. The van der Waals surface area contributed by atoms with Crippen LogP contribution in [0.4, 0.5) is 18.0 Å². The van der Waals surface area contributed by atoms with Crippen LogP contribution in [-0.4, -0.2) is 39.3 Å². The molecule has 2 amide bonds. The number of hydrogen-bond acceptors (Lipinski definition) is 5. The molecule has 3 N–H and O–H groups in total. The third-order valence-electron chi connectivity index (χ3n) is 8.21. The zero-order valence-electron chi connectivity index (χ0n) is 22.4. The summed E-state index contributed by atoms with van der Waals surface area (Å²) in [6.07, 6.45) is -1.98. The first kappa shape index (κ1) is 27.9. The molecule has 1 aliphatic heterocycles. The van der Waals surface area contributed by atoms with Gasteiger partial charge in [0.25, 0.3) is 0 Å². The molecule has 214 valence electrons. The highest BCUT2D eigenvalue weighted by atomic mass is 19.4. The molecule has 0 radical (unpaired) electrons. The van der Waals surface area contributed by atoms with E-state index in [0.717, 1.165) is 36.9 Å². The molecule has 2 fully saturated rings. The van der Waals surface area contributed by atoms with Gasteiger partial charge in [0.1, 0.15) is 5.69 Å². The monoisotopic (exact) mass is 557 g/mol. The van der Waals surface area contributed by atoms with Crippen molar-refractivity contribution < 1.29 is 27.5 Å². The number of ether oxygens (including phenoxy) is 1. The van der Waals surface area contributed by atoms with Crippen molar-refractivity contribution in [2.75, 3.05) is 6.54 Å². The van der Waals surface area contributed by atoms with Crippen molar-refractivity contribution in [1.82, 2.24) is 19.9 Å². The second-order valence-corrected chi connectivity index (χ2v) is 11.2. The van der Waals surface area contributed by atoms with Gasteiger partial charge < -0.3 is 15.8 Å². The lowest BCUT2D eigenvalue weighted by Crippen LogP contribution is -2.47. The van der Waals surface area contributed by atoms with Crippen LogP contribution in [0.3, 0.4) is 0 Å². The zero-order valence-corrected chi connectivity index (χ0v) is 22.4. The van der Waals surface area contributed by atoms with Gasteiger partial charge in [-0.3, -0.25) is 4.79 Å². The smallest absolute Gasteiger partial charge is 0.405 e. The Hall–Kier alpha value is -3.63. The van der Waals surface area contributed by atoms with Crippen LogP contribution in [0.25, 0.3) is 5.65 Å². The van der Waals surface area contributed by atoms with E-state index in [9.17, 15) is 22.8 Å². The average Bonchev–Trinajstić information content (AvgIpc) is 3.28. The lowest BCUT2D eigenvalue weighted by atomic mass is 9.80. The molecule has 3 heterocycles. The van der Waals surface area contributed by atoms with E-state index < -0.39 is 42.7 Å². The van der Waals surface area contributed by atoms with Gasteiger partial charge in [0.15, 0.2) is 11.8 Å². The van der Waals surface area contributed by atoms with Crippen LogP contribution in [0, 0.1) is 17.8 Å². The van der Waals surface area contributed by atoms with Crippen molar-refractivity contribution >= 4 is 17.6 Å².